The maximum atomic E-state index is 12.9. The molecule has 0 saturated heterocycles. The number of rotatable bonds is 20. The predicted molar refractivity (Wildman–Crippen MR) is 177 cm³/mol. The van der Waals surface area contributed by atoms with Gasteiger partial charge in [0, 0.05) is 12.2 Å². The van der Waals surface area contributed by atoms with E-state index in [1.165, 1.54) is 42.5 Å². The van der Waals surface area contributed by atoms with Crippen LogP contribution in [0.2, 0.25) is 0 Å². The Hall–Kier alpha value is -5.91. The number of ether oxygens (including phenoxy) is 7. The molecule has 3 aromatic rings. The molecule has 12 nitrogen and oxygen atoms in total. The van der Waals surface area contributed by atoms with Crippen LogP contribution < -0.4 is 18.9 Å². The first-order valence-corrected chi connectivity index (χ1v) is 15.5. The van der Waals surface area contributed by atoms with E-state index in [-0.39, 0.29) is 48.0 Å². The van der Waals surface area contributed by atoms with Crippen molar-refractivity contribution >= 4 is 29.8 Å². The highest BCUT2D eigenvalue weighted by Gasteiger charge is 2.20. The molecule has 0 heterocycles. The van der Waals surface area contributed by atoms with Crippen LogP contribution in [0.4, 0.5) is 0 Å². The lowest BCUT2D eigenvalue weighted by Gasteiger charge is -2.12. The van der Waals surface area contributed by atoms with Crippen LogP contribution in [0.1, 0.15) is 63.7 Å². The second kappa shape index (κ2) is 20.4. The molecule has 12 heteroatoms. The van der Waals surface area contributed by atoms with E-state index >= 15 is 0 Å². The van der Waals surface area contributed by atoms with E-state index < -0.39 is 29.8 Å². The molecule has 0 atom stereocenters. The number of esters is 5. The second-order valence-electron chi connectivity index (χ2n) is 10.1. The van der Waals surface area contributed by atoms with E-state index in [1.807, 2.05) is 0 Å². The number of carbonyl (C=O) groups is 5. The minimum atomic E-state index is -0.772. The Bertz CT molecular complexity index is 1590. The zero-order valence-corrected chi connectivity index (χ0v) is 27.2. The molecular formula is C37H38O12. The molecule has 0 aromatic heterocycles. The van der Waals surface area contributed by atoms with Crippen molar-refractivity contribution in [1.29, 1.82) is 0 Å². The van der Waals surface area contributed by atoms with E-state index in [4.69, 9.17) is 33.2 Å². The van der Waals surface area contributed by atoms with Gasteiger partial charge in [-0.05, 0) is 99.3 Å². The summed E-state index contributed by atoms with van der Waals surface area (Å²) in [5.41, 5.74) is 0.330. The third-order valence-electron chi connectivity index (χ3n) is 6.48. The summed E-state index contributed by atoms with van der Waals surface area (Å²) in [4.78, 5) is 60.6. The second-order valence-corrected chi connectivity index (χ2v) is 10.1. The Morgan fingerprint density at radius 3 is 1.47 bits per heavy atom. The molecule has 3 rings (SSSR count). The molecule has 0 unspecified atom stereocenters. The third kappa shape index (κ3) is 13.0. The molecule has 258 valence electrons. The van der Waals surface area contributed by atoms with Crippen molar-refractivity contribution in [3.63, 3.8) is 0 Å². The van der Waals surface area contributed by atoms with Gasteiger partial charge in [0.15, 0.2) is 0 Å². The molecule has 0 radical (unpaired) electrons. The average Bonchev–Trinajstić information content (AvgIpc) is 3.12. The highest BCUT2D eigenvalue weighted by molar-refractivity contribution is 5.97. The summed E-state index contributed by atoms with van der Waals surface area (Å²) in [7, 11) is 0. The summed E-state index contributed by atoms with van der Waals surface area (Å²) >= 11 is 0. The number of hydrogen-bond donors (Lipinski definition) is 0. The zero-order valence-electron chi connectivity index (χ0n) is 27.2. The van der Waals surface area contributed by atoms with Crippen molar-refractivity contribution in [2.75, 3.05) is 33.0 Å². The van der Waals surface area contributed by atoms with Crippen LogP contribution in [-0.2, 0) is 23.8 Å². The van der Waals surface area contributed by atoms with Crippen LogP contribution in [0.3, 0.4) is 0 Å². The van der Waals surface area contributed by atoms with Gasteiger partial charge in [0.05, 0.1) is 44.2 Å². The Morgan fingerprint density at radius 1 is 0.551 bits per heavy atom. The van der Waals surface area contributed by atoms with Crippen molar-refractivity contribution in [3.8, 4) is 23.0 Å². The van der Waals surface area contributed by atoms with E-state index in [1.54, 1.807) is 31.2 Å². The fraction of sp³-hybridized carbons (Fsp3) is 0.270. The summed E-state index contributed by atoms with van der Waals surface area (Å²) in [5.74, 6) is -2.12. The van der Waals surface area contributed by atoms with Crippen LogP contribution in [-0.4, -0.2) is 62.9 Å². The van der Waals surface area contributed by atoms with E-state index in [9.17, 15) is 24.0 Å². The van der Waals surface area contributed by atoms with Gasteiger partial charge in [-0.3, -0.25) is 0 Å². The fourth-order valence-electron chi connectivity index (χ4n) is 3.98. The van der Waals surface area contributed by atoms with Crippen molar-refractivity contribution in [2.24, 2.45) is 0 Å². The van der Waals surface area contributed by atoms with Gasteiger partial charge in [0.25, 0.3) is 0 Å². The molecule has 49 heavy (non-hydrogen) atoms. The van der Waals surface area contributed by atoms with E-state index in [0.29, 0.717) is 50.4 Å². The molecule has 0 fully saturated rings. The van der Waals surface area contributed by atoms with Crippen LogP contribution in [0.25, 0.3) is 0 Å². The first-order chi connectivity index (χ1) is 23.7. The van der Waals surface area contributed by atoms with Crippen LogP contribution in [0.5, 0.6) is 23.0 Å². The topological polar surface area (TPSA) is 150 Å². The molecule has 0 spiro atoms. The van der Waals surface area contributed by atoms with Crippen LogP contribution >= 0.6 is 0 Å². The van der Waals surface area contributed by atoms with Crippen molar-refractivity contribution in [3.05, 3.63) is 109 Å². The summed E-state index contributed by atoms with van der Waals surface area (Å²) in [5, 5.41) is 0. The standard InChI is InChI=1S/C37H38O12/c1-4-33(38)46-23-9-7-21-44-28-15-11-26(12-16-28)35(40)48-30-19-20-32(31(25-30)37(42)43-6-3)49-36(41)27-13-17-29(18-14-27)45-22-8-10-24-47-34(39)5-2/h4-5,11-20,25H,1-2,6-10,21-24H2,3H3. The first kappa shape index (κ1) is 37.5. The lowest BCUT2D eigenvalue weighted by Crippen LogP contribution is -2.14. The van der Waals surface area contributed by atoms with Crippen LogP contribution in [0.15, 0.2) is 92.0 Å². The Labute approximate surface area is 284 Å². The lowest BCUT2D eigenvalue weighted by atomic mass is 10.1. The van der Waals surface area contributed by atoms with E-state index in [0.717, 1.165) is 12.2 Å². The van der Waals surface area contributed by atoms with Gasteiger partial charge in [0.2, 0.25) is 0 Å². The van der Waals surface area contributed by atoms with Gasteiger partial charge >= 0.3 is 29.8 Å². The van der Waals surface area contributed by atoms with Gasteiger partial charge in [-0.2, -0.15) is 0 Å². The molecule has 0 aliphatic heterocycles. The molecule has 0 aliphatic rings. The molecule has 0 N–H and O–H groups in total. The monoisotopic (exact) mass is 674 g/mol. The van der Waals surface area contributed by atoms with Gasteiger partial charge in [-0.15, -0.1) is 0 Å². The number of carbonyl (C=O) groups excluding carboxylic acids is 5. The Morgan fingerprint density at radius 2 is 1.00 bits per heavy atom. The largest absolute Gasteiger partial charge is 0.494 e. The summed E-state index contributed by atoms with van der Waals surface area (Å²) in [6.45, 7) is 9.67. The third-order valence-corrected chi connectivity index (χ3v) is 6.48. The van der Waals surface area contributed by atoms with Crippen molar-refractivity contribution in [1.82, 2.24) is 0 Å². The van der Waals surface area contributed by atoms with Crippen LogP contribution in [0, 0.1) is 0 Å². The number of benzene rings is 3. The summed E-state index contributed by atoms with van der Waals surface area (Å²) < 4.78 is 37.2. The molecule has 0 amide bonds. The normalized spacial score (nSPS) is 10.2. The number of unbranched alkanes of at least 4 members (excludes halogenated alkanes) is 2. The first-order valence-electron chi connectivity index (χ1n) is 15.5. The van der Waals surface area contributed by atoms with E-state index in [2.05, 4.69) is 13.2 Å². The van der Waals surface area contributed by atoms with Gasteiger partial charge in [0.1, 0.15) is 28.6 Å². The maximum absolute atomic E-state index is 12.9. The Kier molecular flexibility index (Phi) is 15.6. The highest BCUT2D eigenvalue weighted by atomic mass is 16.6. The summed E-state index contributed by atoms with van der Waals surface area (Å²) in [6, 6.07) is 16.5. The van der Waals surface area contributed by atoms with Gasteiger partial charge in [-0.1, -0.05) is 13.2 Å². The molecule has 0 aliphatic carbocycles. The van der Waals surface area contributed by atoms with Gasteiger partial charge < -0.3 is 33.2 Å². The van der Waals surface area contributed by atoms with Crippen molar-refractivity contribution in [2.45, 2.75) is 32.6 Å². The average molecular weight is 675 g/mol. The molecular weight excluding hydrogens is 636 g/mol. The molecule has 0 bridgehead atoms. The quantitative estimate of drug-likeness (QED) is 0.0449. The Balaban J connectivity index is 1.55. The fourth-order valence-corrected chi connectivity index (χ4v) is 3.98. The van der Waals surface area contributed by atoms with Gasteiger partial charge in [-0.25, -0.2) is 24.0 Å². The zero-order chi connectivity index (χ0) is 35.4. The minimum Gasteiger partial charge on any atom is -0.494 e. The SMILES string of the molecule is C=CC(=O)OCCCCOc1ccc(C(=O)Oc2ccc(OC(=O)c3ccc(OCCCCOC(=O)C=C)cc3)c(C(=O)OCC)c2)cc1. The van der Waals surface area contributed by atoms with Crippen molar-refractivity contribution < 1.29 is 57.1 Å². The maximum Gasteiger partial charge on any atom is 0.343 e. The summed E-state index contributed by atoms with van der Waals surface area (Å²) in [6.07, 6.45) is 4.76. The predicted octanol–water partition coefficient (Wildman–Crippen LogP) is 6.08. The minimum absolute atomic E-state index is 0.0331. The molecule has 0 saturated carbocycles. The number of hydrogen-bond acceptors (Lipinski definition) is 12. The lowest BCUT2D eigenvalue weighted by molar-refractivity contribution is -0.138. The highest BCUT2D eigenvalue weighted by Crippen LogP contribution is 2.27. The molecule has 3 aromatic carbocycles. The smallest absolute Gasteiger partial charge is 0.343 e.